The molecule has 2 nitrogen and oxygen atoms in total. The van der Waals surface area contributed by atoms with Gasteiger partial charge in [0.1, 0.15) is 0 Å². The number of thioether (sulfide) groups is 2. The van der Waals surface area contributed by atoms with E-state index < -0.39 is 0 Å². The molecule has 3 atom stereocenters. The van der Waals surface area contributed by atoms with Crippen LogP contribution in [-0.2, 0) is 6.42 Å². The van der Waals surface area contributed by atoms with E-state index in [0.29, 0.717) is 11.3 Å². The minimum absolute atomic E-state index is 0.351. The normalized spacial score (nSPS) is 25.2. The Morgan fingerprint density at radius 1 is 1.32 bits per heavy atom. The Hall–Kier alpha value is 0.320. The summed E-state index contributed by atoms with van der Waals surface area (Å²) in [4.78, 5) is 0. The molecule has 0 aromatic heterocycles. The molecule has 0 aliphatic carbocycles. The van der Waals surface area contributed by atoms with Crippen molar-refractivity contribution in [2.75, 3.05) is 11.5 Å². The topological polar surface area (TPSA) is 38.0 Å². The second kappa shape index (κ2) is 7.93. The van der Waals surface area contributed by atoms with Gasteiger partial charge in [0.25, 0.3) is 0 Å². The van der Waals surface area contributed by atoms with Crippen LogP contribution in [0.2, 0.25) is 0 Å². The number of nitrogens with two attached hydrogens (primary N) is 1. The van der Waals surface area contributed by atoms with Gasteiger partial charge in [-0.15, -0.1) is 0 Å². The molecule has 0 radical (unpaired) electrons. The first-order valence-corrected chi connectivity index (χ1v) is 9.57. The first-order valence-electron chi connectivity index (χ1n) is 6.68. The zero-order valence-electron chi connectivity index (χ0n) is 11.1. The number of benzene rings is 1. The van der Waals surface area contributed by atoms with E-state index in [9.17, 15) is 0 Å². The maximum absolute atomic E-state index is 5.82. The van der Waals surface area contributed by atoms with Gasteiger partial charge in [0, 0.05) is 32.5 Å². The smallest absolute Gasteiger partial charge is 0.0380 e. The molecule has 1 fully saturated rings. The van der Waals surface area contributed by atoms with Gasteiger partial charge in [-0.25, -0.2) is 0 Å². The molecule has 3 unspecified atom stereocenters. The summed E-state index contributed by atoms with van der Waals surface area (Å²) in [5.41, 5.74) is 4.40. The van der Waals surface area contributed by atoms with Crippen LogP contribution in [0.1, 0.15) is 18.9 Å². The van der Waals surface area contributed by atoms with Crippen LogP contribution in [0.3, 0.4) is 0 Å². The van der Waals surface area contributed by atoms with Gasteiger partial charge in [0.2, 0.25) is 0 Å². The van der Waals surface area contributed by atoms with E-state index in [1.807, 2.05) is 0 Å². The van der Waals surface area contributed by atoms with Crippen LogP contribution in [0, 0.1) is 0 Å². The minimum Gasteiger partial charge on any atom is -0.271 e. The highest BCUT2D eigenvalue weighted by atomic mass is 79.9. The lowest BCUT2D eigenvalue weighted by Gasteiger charge is -2.35. The Morgan fingerprint density at radius 2 is 2.00 bits per heavy atom. The molecule has 0 bridgehead atoms. The molecule has 5 heteroatoms. The van der Waals surface area contributed by atoms with Crippen molar-refractivity contribution in [2.24, 2.45) is 5.84 Å². The Kier molecular flexibility index (Phi) is 6.56. The molecule has 1 aromatic rings. The van der Waals surface area contributed by atoms with Crippen LogP contribution in [0.5, 0.6) is 0 Å². The Morgan fingerprint density at radius 3 is 2.63 bits per heavy atom. The molecular weight excluding hydrogens is 340 g/mol. The van der Waals surface area contributed by atoms with Crippen LogP contribution in [0.15, 0.2) is 28.7 Å². The Labute approximate surface area is 132 Å². The van der Waals surface area contributed by atoms with Crippen molar-refractivity contribution in [1.29, 1.82) is 0 Å². The molecule has 0 amide bonds. The standard InChI is InChI=1S/C14H21BrN2S2/c1-2-13-14(19-8-7-18-13)12(17-16)9-10-3-5-11(15)6-4-10/h3-6,12-14,17H,2,7-9,16H2,1H3. The molecule has 1 aliphatic heterocycles. The molecule has 19 heavy (non-hydrogen) atoms. The maximum Gasteiger partial charge on any atom is 0.0380 e. The molecule has 2 rings (SSSR count). The summed E-state index contributed by atoms with van der Waals surface area (Å²) in [5.74, 6) is 8.33. The largest absolute Gasteiger partial charge is 0.271 e. The van der Waals surface area contributed by atoms with Gasteiger partial charge in [-0.3, -0.25) is 11.3 Å². The summed E-state index contributed by atoms with van der Waals surface area (Å²) in [7, 11) is 0. The van der Waals surface area contributed by atoms with Crippen LogP contribution < -0.4 is 11.3 Å². The van der Waals surface area contributed by atoms with Gasteiger partial charge in [-0.1, -0.05) is 35.0 Å². The van der Waals surface area contributed by atoms with Crippen molar-refractivity contribution < 1.29 is 0 Å². The first kappa shape index (κ1) is 15.7. The first-order chi connectivity index (χ1) is 9.24. The van der Waals surface area contributed by atoms with Crippen molar-refractivity contribution in [3.63, 3.8) is 0 Å². The van der Waals surface area contributed by atoms with E-state index in [2.05, 4.69) is 76.1 Å². The highest BCUT2D eigenvalue weighted by Crippen LogP contribution is 2.35. The van der Waals surface area contributed by atoms with E-state index in [1.165, 1.54) is 23.5 Å². The van der Waals surface area contributed by atoms with Crippen molar-refractivity contribution >= 4 is 39.5 Å². The quantitative estimate of drug-likeness (QED) is 0.622. The average molecular weight is 361 g/mol. The Bertz CT molecular complexity index is 386. The summed E-state index contributed by atoms with van der Waals surface area (Å²) in [6, 6.07) is 8.90. The minimum atomic E-state index is 0.351. The fourth-order valence-electron chi connectivity index (χ4n) is 2.46. The predicted molar refractivity (Wildman–Crippen MR) is 91.7 cm³/mol. The van der Waals surface area contributed by atoms with Gasteiger partial charge < -0.3 is 0 Å². The third kappa shape index (κ3) is 4.39. The van der Waals surface area contributed by atoms with E-state index in [0.717, 1.165) is 16.1 Å². The molecule has 1 saturated heterocycles. The van der Waals surface area contributed by atoms with E-state index in [4.69, 9.17) is 5.84 Å². The molecule has 0 spiro atoms. The number of hydrogen-bond donors (Lipinski definition) is 2. The second-order valence-corrected chi connectivity index (χ2v) is 8.31. The molecule has 1 aliphatic rings. The lowest BCUT2D eigenvalue weighted by atomic mass is 10.0. The van der Waals surface area contributed by atoms with E-state index >= 15 is 0 Å². The van der Waals surface area contributed by atoms with Gasteiger partial charge in [-0.05, 0) is 30.5 Å². The van der Waals surface area contributed by atoms with Gasteiger partial charge in [-0.2, -0.15) is 23.5 Å². The highest BCUT2D eigenvalue weighted by Gasteiger charge is 2.31. The molecule has 3 N–H and O–H groups in total. The summed E-state index contributed by atoms with van der Waals surface area (Å²) in [6.07, 6.45) is 2.22. The summed E-state index contributed by atoms with van der Waals surface area (Å²) < 4.78 is 1.13. The SMILES string of the molecule is CCC1SCCSC1C(Cc1ccc(Br)cc1)NN. The summed E-state index contributed by atoms with van der Waals surface area (Å²) >= 11 is 7.66. The number of hydrazine groups is 1. The number of nitrogens with one attached hydrogen (secondary N) is 1. The maximum atomic E-state index is 5.82. The average Bonchev–Trinajstić information content (AvgIpc) is 2.46. The van der Waals surface area contributed by atoms with Gasteiger partial charge in [0.15, 0.2) is 0 Å². The van der Waals surface area contributed by atoms with Crippen molar-refractivity contribution in [1.82, 2.24) is 5.43 Å². The van der Waals surface area contributed by atoms with E-state index in [-0.39, 0.29) is 0 Å². The summed E-state index contributed by atoms with van der Waals surface area (Å²) in [5, 5.41) is 1.33. The molecule has 1 heterocycles. The van der Waals surface area contributed by atoms with Crippen LogP contribution in [-0.4, -0.2) is 28.0 Å². The van der Waals surface area contributed by atoms with Gasteiger partial charge >= 0.3 is 0 Å². The van der Waals surface area contributed by atoms with Crippen molar-refractivity contribution in [3.8, 4) is 0 Å². The fraction of sp³-hybridized carbons (Fsp3) is 0.571. The lowest BCUT2D eigenvalue weighted by molar-refractivity contribution is 0.490. The molecule has 106 valence electrons. The second-order valence-electron chi connectivity index (χ2n) is 4.76. The molecule has 0 saturated carbocycles. The van der Waals surface area contributed by atoms with E-state index in [1.54, 1.807) is 0 Å². The zero-order chi connectivity index (χ0) is 13.7. The van der Waals surface area contributed by atoms with Crippen LogP contribution in [0.4, 0.5) is 0 Å². The van der Waals surface area contributed by atoms with Crippen molar-refractivity contribution in [2.45, 2.75) is 36.3 Å². The molecular formula is C14H21BrN2S2. The predicted octanol–water partition coefficient (Wildman–Crippen LogP) is 3.45. The number of hydrogen-bond acceptors (Lipinski definition) is 4. The van der Waals surface area contributed by atoms with Crippen LogP contribution >= 0.6 is 39.5 Å². The fourth-order valence-corrected chi connectivity index (χ4v) is 5.97. The highest BCUT2D eigenvalue weighted by molar-refractivity contribution is 9.10. The summed E-state index contributed by atoms with van der Waals surface area (Å²) in [6.45, 7) is 2.28. The molecule has 1 aromatic carbocycles. The Balaban J connectivity index is 2.04. The van der Waals surface area contributed by atoms with Crippen LogP contribution in [0.25, 0.3) is 0 Å². The zero-order valence-corrected chi connectivity index (χ0v) is 14.4. The number of rotatable bonds is 5. The lowest BCUT2D eigenvalue weighted by Crippen LogP contribution is -2.49. The van der Waals surface area contributed by atoms with Crippen molar-refractivity contribution in [3.05, 3.63) is 34.3 Å². The third-order valence-corrected chi connectivity index (χ3v) is 7.41. The van der Waals surface area contributed by atoms with Gasteiger partial charge in [0.05, 0.1) is 0 Å². The number of halogens is 1. The monoisotopic (exact) mass is 360 g/mol. The third-order valence-electron chi connectivity index (χ3n) is 3.47.